The highest BCUT2D eigenvalue weighted by Crippen LogP contribution is 2.42. The van der Waals surface area contributed by atoms with E-state index in [2.05, 4.69) is 34.1 Å². The fourth-order valence-electron chi connectivity index (χ4n) is 2.07. The summed E-state index contributed by atoms with van der Waals surface area (Å²) in [5.41, 5.74) is 9.51. The fraction of sp³-hybridized carbons (Fsp3) is 0.308. The maximum absolute atomic E-state index is 6.10. The second-order valence-electron chi connectivity index (χ2n) is 4.99. The first-order valence-electron chi connectivity index (χ1n) is 5.53. The Bertz CT molecular complexity index is 596. The topological polar surface area (TPSA) is 38.9 Å². The van der Waals surface area contributed by atoms with Crippen LogP contribution in [0.4, 0.5) is 0 Å². The summed E-state index contributed by atoms with van der Waals surface area (Å²) in [5.74, 6) is 0. The fourth-order valence-corrected chi connectivity index (χ4v) is 3.59. The molecule has 4 heteroatoms. The van der Waals surface area contributed by atoms with E-state index in [0.717, 1.165) is 21.6 Å². The van der Waals surface area contributed by atoms with Gasteiger partial charge < -0.3 is 5.73 Å². The van der Waals surface area contributed by atoms with Crippen LogP contribution in [0.2, 0.25) is 0 Å². The quantitative estimate of drug-likeness (QED) is 0.745. The first-order chi connectivity index (χ1) is 7.95. The van der Waals surface area contributed by atoms with Gasteiger partial charge in [0.05, 0.1) is 11.2 Å². The van der Waals surface area contributed by atoms with E-state index in [1.807, 2.05) is 13.8 Å². The number of nitrogens with zero attached hydrogens (tertiary/aromatic N) is 1. The molecule has 2 nitrogen and oxygen atoms in total. The highest BCUT2D eigenvalue weighted by molar-refractivity contribution is 9.10. The van der Waals surface area contributed by atoms with Crippen molar-refractivity contribution >= 4 is 27.3 Å². The molecule has 88 valence electrons. The van der Waals surface area contributed by atoms with Crippen LogP contribution in [-0.4, -0.2) is 4.98 Å². The molecule has 0 atom stereocenters. The highest BCUT2D eigenvalue weighted by Gasteiger charge is 2.27. The van der Waals surface area contributed by atoms with Gasteiger partial charge in [-0.2, -0.15) is 0 Å². The summed E-state index contributed by atoms with van der Waals surface area (Å²) < 4.78 is 1.13. The summed E-state index contributed by atoms with van der Waals surface area (Å²) >= 11 is 5.25. The lowest BCUT2D eigenvalue weighted by molar-refractivity contribution is 0.551. The molecule has 2 aromatic rings. The van der Waals surface area contributed by atoms with Crippen molar-refractivity contribution < 1.29 is 0 Å². The molecule has 1 aliphatic rings. The molecule has 0 fully saturated rings. The minimum Gasteiger partial charge on any atom is -0.320 e. The number of hydrogen-bond donors (Lipinski definition) is 1. The Morgan fingerprint density at radius 1 is 1.41 bits per heavy atom. The summed E-state index contributed by atoms with van der Waals surface area (Å²) in [5, 5.41) is 1.02. The molecule has 17 heavy (non-hydrogen) atoms. The van der Waals surface area contributed by atoms with Gasteiger partial charge in [0.1, 0.15) is 5.01 Å². The predicted octanol–water partition coefficient (Wildman–Crippen LogP) is 3.67. The van der Waals surface area contributed by atoms with E-state index < -0.39 is 0 Å². The second kappa shape index (κ2) is 3.64. The van der Waals surface area contributed by atoms with Crippen LogP contribution in [0, 0.1) is 0 Å². The van der Waals surface area contributed by atoms with Crippen LogP contribution >= 0.6 is 27.3 Å². The number of thiazole rings is 1. The minimum absolute atomic E-state index is 0.343. The molecule has 0 saturated carbocycles. The normalized spacial score (nSPS) is 13.6. The van der Waals surface area contributed by atoms with Crippen LogP contribution in [0.1, 0.15) is 29.3 Å². The molecular weight excluding hydrogens is 296 g/mol. The van der Waals surface area contributed by atoms with Crippen LogP contribution in [0.25, 0.3) is 11.3 Å². The van der Waals surface area contributed by atoms with E-state index in [0.29, 0.717) is 0 Å². The molecule has 1 heterocycles. The van der Waals surface area contributed by atoms with Gasteiger partial charge in [-0.15, -0.1) is 11.3 Å². The van der Waals surface area contributed by atoms with Crippen molar-refractivity contribution in [1.29, 1.82) is 0 Å². The third-order valence-electron chi connectivity index (χ3n) is 2.92. The Morgan fingerprint density at radius 3 is 2.88 bits per heavy atom. The zero-order valence-electron chi connectivity index (χ0n) is 9.75. The lowest BCUT2D eigenvalue weighted by Gasteiger charge is -2.14. The van der Waals surface area contributed by atoms with Crippen LogP contribution in [0.3, 0.4) is 0 Å². The molecule has 1 aromatic carbocycles. The molecule has 0 radical (unpaired) electrons. The van der Waals surface area contributed by atoms with Crippen molar-refractivity contribution in [3.05, 3.63) is 38.1 Å². The number of aromatic nitrogens is 1. The molecular formula is C13H13BrN2S. The van der Waals surface area contributed by atoms with Crippen molar-refractivity contribution in [2.75, 3.05) is 0 Å². The SMILES string of the molecule is CC(C)(N)c1nc2c(s1)Cc1cc(Br)ccc1-2. The first-order valence-corrected chi connectivity index (χ1v) is 7.14. The summed E-state index contributed by atoms with van der Waals surface area (Å²) in [4.78, 5) is 6.05. The van der Waals surface area contributed by atoms with E-state index in [4.69, 9.17) is 10.7 Å². The van der Waals surface area contributed by atoms with Gasteiger partial charge in [-0.25, -0.2) is 4.98 Å². The molecule has 1 aromatic heterocycles. The summed E-state index contributed by atoms with van der Waals surface area (Å²) in [7, 11) is 0. The van der Waals surface area contributed by atoms with Gasteiger partial charge in [0.2, 0.25) is 0 Å². The highest BCUT2D eigenvalue weighted by atomic mass is 79.9. The van der Waals surface area contributed by atoms with Crippen molar-refractivity contribution in [2.45, 2.75) is 25.8 Å². The maximum atomic E-state index is 6.10. The van der Waals surface area contributed by atoms with Gasteiger partial charge in [-0.3, -0.25) is 0 Å². The maximum Gasteiger partial charge on any atom is 0.113 e. The van der Waals surface area contributed by atoms with Crippen LogP contribution in [0.15, 0.2) is 22.7 Å². The zero-order valence-corrected chi connectivity index (χ0v) is 12.2. The van der Waals surface area contributed by atoms with Crippen LogP contribution in [-0.2, 0) is 12.0 Å². The van der Waals surface area contributed by atoms with Crippen LogP contribution < -0.4 is 5.73 Å². The van der Waals surface area contributed by atoms with E-state index in [1.54, 1.807) is 11.3 Å². The van der Waals surface area contributed by atoms with E-state index in [-0.39, 0.29) is 5.54 Å². The standard InChI is InChI=1S/C13H13BrN2S/c1-13(2,15)12-16-11-9-4-3-8(14)5-7(9)6-10(11)17-12/h3-5H,6,15H2,1-2H3. The molecule has 0 unspecified atom stereocenters. The smallest absolute Gasteiger partial charge is 0.113 e. The van der Waals surface area contributed by atoms with Gasteiger partial charge in [-0.1, -0.05) is 22.0 Å². The second-order valence-corrected chi connectivity index (χ2v) is 6.99. The Balaban J connectivity index is 2.13. The number of benzene rings is 1. The van der Waals surface area contributed by atoms with Crippen molar-refractivity contribution in [3.8, 4) is 11.3 Å². The van der Waals surface area contributed by atoms with Gasteiger partial charge in [0.15, 0.2) is 0 Å². The summed E-state index contributed by atoms with van der Waals surface area (Å²) in [6, 6.07) is 6.38. The lowest BCUT2D eigenvalue weighted by Crippen LogP contribution is -2.28. The van der Waals surface area contributed by atoms with E-state index in [9.17, 15) is 0 Å². The Morgan fingerprint density at radius 2 is 2.18 bits per heavy atom. The van der Waals surface area contributed by atoms with Gasteiger partial charge >= 0.3 is 0 Å². The molecule has 2 N–H and O–H groups in total. The number of fused-ring (bicyclic) bond motifs is 3. The van der Waals surface area contributed by atoms with Crippen LogP contribution in [0.5, 0.6) is 0 Å². The average molecular weight is 309 g/mol. The minimum atomic E-state index is -0.343. The van der Waals surface area contributed by atoms with Gasteiger partial charge in [0.25, 0.3) is 0 Å². The number of halogens is 1. The Labute approximate surface area is 113 Å². The molecule has 1 aliphatic carbocycles. The first kappa shape index (κ1) is 11.4. The zero-order chi connectivity index (χ0) is 12.2. The summed E-state index contributed by atoms with van der Waals surface area (Å²) in [6.45, 7) is 4.01. The third kappa shape index (κ3) is 1.84. The predicted molar refractivity (Wildman–Crippen MR) is 75.3 cm³/mol. The molecule has 3 rings (SSSR count). The number of hydrogen-bond acceptors (Lipinski definition) is 3. The number of nitrogens with two attached hydrogens (primary N) is 1. The van der Waals surface area contributed by atoms with Gasteiger partial charge in [0, 0.05) is 21.3 Å². The van der Waals surface area contributed by atoms with Crippen molar-refractivity contribution in [3.63, 3.8) is 0 Å². The summed E-state index contributed by atoms with van der Waals surface area (Å²) in [6.07, 6.45) is 0.984. The van der Waals surface area contributed by atoms with Gasteiger partial charge in [-0.05, 0) is 31.5 Å². The average Bonchev–Trinajstić information content (AvgIpc) is 2.72. The molecule has 0 amide bonds. The van der Waals surface area contributed by atoms with Crippen molar-refractivity contribution in [2.24, 2.45) is 5.73 Å². The molecule has 0 saturated heterocycles. The molecule has 0 aliphatic heterocycles. The third-order valence-corrected chi connectivity index (χ3v) is 4.81. The Kier molecular flexibility index (Phi) is 2.44. The monoisotopic (exact) mass is 308 g/mol. The molecule has 0 bridgehead atoms. The number of rotatable bonds is 1. The van der Waals surface area contributed by atoms with E-state index in [1.165, 1.54) is 16.0 Å². The molecule has 0 spiro atoms. The Hall–Kier alpha value is -0.710. The largest absolute Gasteiger partial charge is 0.320 e. The van der Waals surface area contributed by atoms with E-state index >= 15 is 0 Å². The van der Waals surface area contributed by atoms with Crippen molar-refractivity contribution in [1.82, 2.24) is 4.98 Å². The lowest BCUT2D eigenvalue weighted by atomic mass is 10.1.